The van der Waals surface area contributed by atoms with Crippen LogP contribution in [0.1, 0.15) is 13.3 Å². The Labute approximate surface area is 150 Å². The molecule has 1 unspecified atom stereocenters. The molecule has 5 rings (SSSR count). The number of hydrogen-bond donors (Lipinski definition) is 0. The number of hydrogen-bond acceptors (Lipinski definition) is 5. The molecule has 0 saturated carbocycles. The van der Waals surface area contributed by atoms with E-state index in [1.807, 2.05) is 12.1 Å². The standard InChI is InChI=1S/C21H18N2O3/c1-2-25-21(24)16-12-22-17-8-9-18-15(19(16)17)11-13-6-7-14-5-3-4-10-23(14)20(13)26-18/h3,5-9,11-12,20H,2,4,10H2,1H3. The third-order valence-electron chi connectivity index (χ3n) is 5.00. The van der Waals surface area contributed by atoms with E-state index in [-0.39, 0.29) is 12.2 Å². The summed E-state index contributed by atoms with van der Waals surface area (Å²) in [5.74, 6) is 0.425. The van der Waals surface area contributed by atoms with Crippen molar-refractivity contribution in [1.29, 1.82) is 0 Å². The Bertz CT molecular complexity index is 1060. The Morgan fingerprint density at radius 3 is 3.19 bits per heavy atom. The molecule has 0 amide bonds. The summed E-state index contributed by atoms with van der Waals surface area (Å²) in [6.45, 7) is 3.07. The zero-order valence-corrected chi connectivity index (χ0v) is 14.4. The van der Waals surface area contributed by atoms with Crippen LogP contribution >= 0.6 is 0 Å². The number of ether oxygens (including phenoxy) is 2. The topological polar surface area (TPSA) is 51.1 Å². The fourth-order valence-electron chi connectivity index (χ4n) is 3.82. The fraction of sp³-hybridized carbons (Fsp3) is 0.238. The lowest BCUT2D eigenvalue weighted by molar-refractivity contribution is -0.135. The molecule has 0 radical (unpaired) electrons. The van der Waals surface area contributed by atoms with Crippen molar-refractivity contribution < 1.29 is 14.3 Å². The molecule has 26 heavy (non-hydrogen) atoms. The molecule has 0 saturated heterocycles. The first-order valence-corrected chi connectivity index (χ1v) is 8.88. The molecular formula is C21H18N2O3. The third kappa shape index (κ3) is 2.17. The number of fused-ring (bicyclic) bond motifs is 6. The summed E-state index contributed by atoms with van der Waals surface area (Å²) in [4.78, 5) is 19.0. The Balaban J connectivity index is 1.70. The van der Waals surface area contributed by atoms with Crippen LogP contribution in [0, 0.1) is 0 Å². The molecule has 1 atom stereocenters. The minimum Gasteiger partial charge on any atom is -0.466 e. The lowest BCUT2D eigenvalue weighted by atomic mass is 9.99. The largest absolute Gasteiger partial charge is 0.466 e. The minimum absolute atomic E-state index is 0.126. The highest BCUT2D eigenvalue weighted by molar-refractivity contribution is 6.34. The predicted molar refractivity (Wildman–Crippen MR) is 99.4 cm³/mol. The molecule has 4 heterocycles. The smallest absolute Gasteiger partial charge is 0.340 e. The summed E-state index contributed by atoms with van der Waals surface area (Å²) in [6, 6.07) is 3.83. The van der Waals surface area contributed by atoms with Crippen LogP contribution in [0.15, 0.2) is 52.7 Å². The summed E-state index contributed by atoms with van der Waals surface area (Å²) in [6.07, 6.45) is 13.1. The van der Waals surface area contributed by atoms with Crippen LogP contribution in [-0.4, -0.2) is 36.5 Å². The van der Waals surface area contributed by atoms with Crippen molar-refractivity contribution in [3.8, 4) is 5.75 Å². The molecule has 0 aromatic heterocycles. The summed E-state index contributed by atoms with van der Waals surface area (Å²) in [5.41, 5.74) is 3.52. The summed E-state index contributed by atoms with van der Waals surface area (Å²) in [5, 5.41) is 1.70. The first-order valence-electron chi connectivity index (χ1n) is 8.88. The highest BCUT2D eigenvalue weighted by Gasteiger charge is 2.31. The van der Waals surface area contributed by atoms with Crippen molar-refractivity contribution in [3.05, 3.63) is 58.1 Å². The zero-order chi connectivity index (χ0) is 17.7. The molecule has 0 fully saturated rings. The number of esters is 1. The lowest BCUT2D eigenvalue weighted by Gasteiger charge is -2.40. The van der Waals surface area contributed by atoms with E-state index in [2.05, 4.69) is 40.3 Å². The number of aliphatic imine (C=N–C) groups is 1. The average molecular weight is 346 g/mol. The van der Waals surface area contributed by atoms with Crippen molar-refractivity contribution >= 4 is 29.5 Å². The van der Waals surface area contributed by atoms with E-state index in [0.29, 0.717) is 12.2 Å². The van der Waals surface area contributed by atoms with Gasteiger partial charge in [0.05, 0.1) is 17.9 Å². The van der Waals surface area contributed by atoms with Gasteiger partial charge in [0.2, 0.25) is 0 Å². The fourth-order valence-corrected chi connectivity index (χ4v) is 3.82. The lowest BCUT2D eigenvalue weighted by Crippen LogP contribution is -2.47. The molecule has 4 aliphatic heterocycles. The van der Waals surface area contributed by atoms with Gasteiger partial charge < -0.3 is 14.4 Å². The van der Waals surface area contributed by atoms with Crippen molar-refractivity contribution in [2.24, 2.45) is 4.99 Å². The van der Waals surface area contributed by atoms with Crippen LogP contribution in [-0.2, 0) is 9.53 Å². The van der Waals surface area contributed by atoms with Gasteiger partial charge in [-0.2, -0.15) is 0 Å². The Kier molecular flexibility index (Phi) is 3.35. The second kappa shape index (κ2) is 5.73. The first-order chi connectivity index (χ1) is 12.8. The van der Waals surface area contributed by atoms with Gasteiger partial charge in [0, 0.05) is 34.5 Å². The summed E-state index contributed by atoms with van der Waals surface area (Å²) < 4.78 is 11.5. The SMILES string of the molecule is CCOC(=O)C1=c2c(ccc3c2=CC2=CC=C4C=CCCN4C2O3)N=C1. The molecule has 0 aliphatic carbocycles. The van der Waals surface area contributed by atoms with Crippen LogP contribution in [0.2, 0.25) is 0 Å². The summed E-state index contributed by atoms with van der Waals surface area (Å²) in [7, 11) is 0. The second-order valence-corrected chi connectivity index (χ2v) is 6.52. The molecule has 0 spiro atoms. The molecule has 4 aliphatic rings. The molecule has 5 heteroatoms. The first kappa shape index (κ1) is 15.2. The molecule has 1 aromatic rings. The van der Waals surface area contributed by atoms with Crippen molar-refractivity contribution in [3.63, 3.8) is 0 Å². The third-order valence-corrected chi connectivity index (χ3v) is 5.00. The number of carbonyl (C=O) groups excluding carboxylic acids is 1. The van der Waals surface area contributed by atoms with Gasteiger partial charge in [-0.05, 0) is 43.7 Å². The van der Waals surface area contributed by atoms with E-state index in [0.717, 1.165) is 40.4 Å². The van der Waals surface area contributed by atoms with Crippen LogP contribution in [0.25, 0.3) is 11.6 Å². The van der Waals surface area contributed by atoms with E-state index in [1.165, 1.54) is 5.70 Å². The van der Waals surface area contributed by atoms with Gasteiger partial charge in [0.15, 0.2) is 6.23 Å². The summed E-state index contributed by atoms with van der Waals surface area (Å²) >= 11 is 0. The highest BCUT2D eigenvalue weighted by Crippen LogP contribution is 2.31. The van der Waals surface area contributed by atoms with Gasteiger partial charge >= 0.3 is 5.97 Å². The number of rotatable bonds is 2. The van der Waals surface area contributed by atoms with E-state index in [1.54, 1.807) is 13.1 Å². The van der Waals surface area contributed by atoms with Crippen LogP contribution in [0.4, 0.5) is 5.69 Å². The molecule has 0 bridgehead atoms. The quantitative estimate of drug-likeness (QED) is 0.765. The maximum Gasteiger partial charge on any atom is 0.340 e. The minimum atomic E-state index is -0.347. The number of benzene rings is 1. The van der Waals surface area contributed by atoms with Crippen molar-refractivity contribution in [1.82, 2.24) is 4.90 Å². The molecule has 0 N–H and O–H groups in total. The second-order valence-electron chi connectivity index (χ2n) is 6.52. The van der Waals surface area contributed by atoms with Crippen LogP contribution in [0.3, 0.4) is 0 Å². The van der Waals surface area contributed by atoms with Gasteiger partial charge in [-0.15, -0.1) is 0 Å². The Hall–Kier alpha value is -3.08. The van der Waals surface area contributed by atoms with Gasteiger partial charge in [0.1, 0.15) is 5.75 Å². The molecule has 1 aromatic carbocycles. The van der Waals surface area contributed by atoms with Gasteiger partial charge in [0.25, 0.3) is 0 Å². The monoisotopic (exact) mass is 346 g/mol. The van der Waals surface area contributed by atoms with Gasteiger partial charge in [-0.25, -0.2) is 4.79 Å². The number of nitrogens with zero attached hydrogens (tertiary/aromatic N) is 2. The van der Waals surface area contributed by atoms with Crippen LogP contribution in [0.5, 0.6) is 5.75 Å². The Morgan fingerprint density at radius 2 is 2.31 bits per heavy atom. The van der Waals surface area contributed by atoms with Gasteiger partial charge in [-0.1, -0.05) is 12.2 Å². The van der Waals surface area contributed by atoms with Crippen molar-refractivity contribution in [2.45, 2.75) is 19.6 Å². The van der Waals surface area contributed by atoms with E-state index in [4.69, 9.17) is 9.47 Å². The van der Waals surface area contributed by atoms with Gasteiger partial charge in [-0.3, -0.25) is 4.99 Å². The molecule has 130 valence electrons. The number of carbonyl (C=O) groups is 1. The highest BCUT2D eigenvalue weighted by atomic mass is 16.5. The van der Waals surface area contributed by atoms with Crippen molar-refractivity contribution in [2.75, 3.05) is 13.2 Å². The van der Waals surface area contributed by atoms with E-state index >= 15 is 0 Å². The van der Waals surface area contributed by atoms with E-state index in [9.17, 15) is 4.79 Å². The maximum absolute atomic E-state index is 12.3. The Morgan fingerprint density at radius 1 is 1.38 bits per heavy atom. The molecule has 5 nitrogen and oxygen atoms in total. The maximum atomic E-state index is 12.3. The number of allylic oxidation sites excluding steroid dienone is 3. The van der Waals surface area contributed by atoms with E-state index < -0.39 is 0 Å². The zero-order valence-electron chi connectivity index (χ0n) is 14.4. The predicted octanol–water partition coefficient (Wildman–Crippen LogP) is 1.70. The normalized spacial score (nSPS) is 21.5. The van der Waals surface area contributed by atoms with Crippen LogP contribution < -0.4 is 15.2 Å². The average Bonchev–Trinajstić information content (AvgIpc) is 3.11. The molecular weight excluding hydrogens is 328 g/mol.